The van der Waals surface area contributed by atoms with Gasteiger partial charge in [-0.2, -0.15) is 0 Å². The van der Waals surface area contributed by atoms with Crippen LogP contribution in [0.25, 0.3) is 0 Å². The van der Waals surface area contributed by atoms with Crippen LogP contribution in [0, 0.1) is 5.41 Å². The second-order valence-corrected chi connectivity index (χ2v) is 10.1. The molecule has 4 rings (SSSR count). The third-order valence-electron chi connectivity index (χ3n) is 6.57. The van der Waals surface area contributed by atoms with E-state index in [0.29, 0.717) is 17.6 Å². The Morgan fingerprint density at radius 1 is 1.28 bits per heavy atom. The molecule has 3 heterocycles. The van der Waals surface area contributed by atoms with E-state index in [1.165, 1.54) is 6.42 Å². The Kier molecular flexibility index (Phi) is 5.62. The van der Waals surface area contributed by atoms with Gasteiger partial charge < -0.3 is 14.4 Å². The number of nitrogens with zero attached hydrogens (tertiary/aromatic N) is 3. The third kappa shape index (κ3) is 4.30. The van der Waals surface area contributed by atoms with Crippen LogP contribution in [0.3, 0.4) is 0 Å². The molecule has 0 N–H and O–H groups in total. The highest BCUT2D eigenvalue weighted by Gasteiger charge is 2.54. The first-order valence-corrected chi connectivity index (χ1v) is 10.8. The molecule has 0 unspecified atom stereocenters. The van der Waals surface area contributed by atoms with Gasteiger partial charge >= 0.3 is 0 Å². The number of fused-ring (bicyclic) bond motifs is 2. The molecule has 6 heteroatoms. The Morgan fingerprint density at radius 3 is 2.79 bits per heavy atom. The number of ether oxygens (including phenoxy) is 2. The van der Waals surface area contributed by atoms with Crippen LogP contribution >= 0.6 is 0 Å². The number of likely N-dealkylation sites (tertiary alicyclic amines) is 1. The van der Waals surface area contributed by atoms with Gasteiger partial charge in [-0.3, -0.25) is 14.6 Å². The zero-order valence-electron chi connectivity index (χ0n) is 18.3. The first-order chi connectivity index (χ1) is 13.8. The Bertz CT molecular complexity index is 739. The first kappa shape index (κ1) is 20.6. The van der Waals surface area contributed by atoms with E-state index in [9.17, 15) is 4.79 Å². The van der Waals surface area contributed by atoms with Crippen molar-refractivity contribution in [1.29, 1.82) is 0 Å². The minimum Gasteiger partial charge on any atom is -0.497 e. The van der Waals surface area contributed by atoms with Crippen molar-refractivity contribution >= 4 is 5.91 Å². The molecule has 1 aromatic carbocycles. The normalized spacial score (nSPS) is 24.8. The average Bonchev–Trinajstić information content (AvgIpc) is 2.69. The number of piperazine rings is 1. The number of morpholine rings is 1. The van der Waals surface area contributed by atoms with Crippen molar-refractivity contribution in [1.82, 2.24) is 14.7 Å². The quantitative estimate of drug-likeness (QED) is 0.775. The molecule has 0 aliphatic carbocycles. The minimum absolute atomic E-state index is 0.0686. The minimum atomic E-state index is 0.0686. The lowest BCUT2D eigenvalue weighted by Crippen LogP contribution is -2.81. The maximum atomic E-state index is 13.3. The van der Waals surface area contributed by atoms with Crippen molar-refractivity contribution in [2.75, 3.05) is 59.6 Å². The molecule has 0 bridgehead atoms. The molecular formula is C23H35N3O3. The molecule has 160 valence electrons. The van der Waals surface area contributed by atoms with E-state index in [1.807, 2.05) is 29.2 Å². The van der Waals surface area contributed by atoms with Gasteiger partial charge in [0.1, 0.15) is 5.75 Å². The monoisotopic (exact) mass is 401 g/mol. The lowest BCUT2D eigenvalue weighted by Gasteiger charge is -2.63. The highest BCUT2D eigenvalue weighted by Crippen LogP contribution is 2.37. The van der Waals surface area contributed by atoms with Crippen LogP contribution in [0.15, 0.2) is 24.3 Å². The van der Waals surface area contributed by atoms with E-state index in [1.54, 1.807) is 7.11 Å². The number of hydrogen-bond acceptors (Lipinski definition) is 5. The van der Waals surface area contributed by atoms with Gasteiger partial charge in [0.15, 0.2) is 0 Å². The number of carbonyl (C=O) groups is 1. The molecule has 29 heavy (non-hydrogen) atoms. The van der Waals surface area contributed by atoms with Crippen molar-refractivity contribution in [2.24, 2.45) is 5.41 Å². The number of benzene rings is 1. The second kappa shape index (κ2) is 7.89. The summed E-state index contributed by atoms with van der Waals surface area (Å²) in [7, 11) is 1.64. The highest BCUT2D eigenvalue weighted by atomic mass is 16.5. The number of rotatable bonds is 4. The summed E-state index contributed by atoms with van der Waals surface area (Å²) >= 11 is 0. The SMILES string of the molecule is COc1cccc(C(=O)N2C[C@@H]3COCCN3C3(CN(CCC(C)(C)C)C3)C2)c1. The number of hydrogen-bond donors (Lipinski definition) is 0. The highest BCUT2D eigenvalue weighted by molar-refractivity contribution is 5.94. The lowest BCUT2D eigenvalue weighted by atomic mass is 9.81. The molecule has 1 aromatic rings. The van der Waals surface area contributed by atoms with Crippen LogP contribution < -0.4 is 4.74 Å². The van der Waals surface area contributed by atoms with E-state index in [0.717, 1.165) is 51.6 Å². The summed E-state index contributed by atoms with van der Waals surface area (Å²) in [6, 6.07) is 7.79. The smallest absolute Gasteiger partial charge is 0.254 e. The lowest BCUT2D eigenvalue weighted by molar-refractivity contribution is -0.159. The average molecular weight is 402 g/mol. The van der Waals surface area contributed by atoms with Crippen LogP contribution in [0.5, 0.6) is 5.75 Å². The Balaban J connectivity index is 1.49. The fourth-order valence-corrected chi connectivity index (χ4v) is 5.01. The molecule has 3 aliphatic rings. The van der Waals surface area contributed by atoms with Crippen LogP contribution in [0.1, 0.15) is 37.6 Å². The molecule has 0 radical (unpaired) electrons. The Labute approximate surface area is 174 Å². The summed E-state index contributed by atoms with van der Waals surface area (Å²) in [5.74, 6) is 0.823. The van der Waals surface area contributed by atoms with Gasteiger partial charge in [-0.1, -0.05) is 26.8 Å². The van der Waals surface area contributed by atoms with Gasteiger partial charge in [0.2, 0.25) is 0 Å². The van der Waals surface area contributed by atoms with Gasteiger partial charge in [0.05, 0.1) is 31.9 Å². The maximum Gasteiger partial charge on any atom is 0.254 e. The molecule has 3 aliphatic heterocycles. The van der Waals surface area contributed by atoms with Gasteiger partial charge in [-0.05, 0) is 36.6 Å². The number of methoxy groups -OCH3 is 1. The van der Waals surface area contributed by atoms with E-state index in [4.69, 9.17) is 9.47 Å². The molecule has 3 saturated heterocycles. The van der Waals surface area contributed by atoms with Crippen LogP contribution in [-0.4, -0.2) is 91.8 Å². The van der Waals surface area contributed by atoms with Crippen molar-refractivity contribution in [2.45, 2.75) is 38.8 Å². The summed E-state index contributed by atoms with van der Waals surface area (Å²) in [5.41, 5.74) is 1.12. The van der Waals surface area contributed by atoms with Gasteiger partial charge in [-0.15, -0.1) is 0 Å². The van der Waals surface area contributed by atoms with E-state index < -0.39 is 0 Å². The fraction of sp³-hybridized carbons (Fsp3) is 0.696. The molecule has 0 saturated carbocycles. The van der Waals surface area contributed by atoms with Crippen LogP contribution in [-0.2, 0) is 4.74 Å². The van der Waals surface area contributed by atoms with Crippen molar-refractivity contribution < 1.29 is 14.3 Å². The predicted molar refractivity (Wildman–Crippen MR) is 113 cm³/mol. The summed E-state index contributed by atoms with van der Waals surface area (Å²) in [4.78, 5) is 20.5. The van der Waals surface area contributed by atoms with E-state index in [2.05, 4.69) is 30.6 Å². The van der Waals surface area contributed by atoms with E-state index in [-0.39, 0.29) is 17.5 Å². The number of carbonyl (C=O) groups excluding carboxylic acids is 1. The van der Waals surface area contributed by atoms with Crippen molar-refractivity contribution in [3.63, 3.8) is 0 Å². The topological polar surface area (TPSA) is 45.2 Å². The van der Waals surface area contributed by atoms with Crippen molar-refractivity contribution in [3.05, 3.63) is 29.8 Å². The summed E-state index contributed by atoms with van der Waals surface area (Å²) in [6.07, 6.45) is 1.20. The van der Waals surface area contributed by atoms with Gasteiger partial charge in [-0.25, -0.2) is 0 Å². The van der Waals surface area contributed by atoms with E-state index >= 15 is 0 Å². The molecule has 0 aromatic heterocycles. The summed E-state index contributed by atoms with van der Waals surface area (Å²) < 4.78 is 11.1. The molecule has 1 amide bonds. The zero-order valence-corrected chi connectivity index (χ0v) is 18.3. The Morgan fingerprint density at radius 2 is 2.07 bits per heavy atom. The molecule has 1 atom stereocenters. The van der Waals surface area contributed by atoms with Gasteiger partial charge in [0, 0.05) is 38.3 Å². The Hall–Kier alpha value is -1.63. The largest absolute Gasteiger partial charge is 0.497 e. The standard InChI is InChI=1S/C23H35N3O3/c1-22(2,3)8-9-24-15-23(16-24)17-25(13-19-14-29-11-10-26(19)23)21(27)18-6-5-7-20(12-18)28-4/h5-7,12,19H,8-11,13-17H2,1-4H3/t19-/m1/s1. The molecule has 1 spiro atoms. The molecule has 3 fully saturated rings. The van der Waals surface area contributed by atoms with Crippen LogP contribution in [0.2, 0.25) is 0 Å². The fourth-order valence-electron chi connectivity index (χ4n) is 5.01. The zero-order chi connectivity index (χ0) is 20.6. The first-order valence-electron chi connectivity index (χ1n) is 10.8. The van der Waals surface area contributed by atoms with Gasteiger partial charge in [0.25, 0.3) is 5.91 Å². The third-order valence-corrected chi connectivity index (χ3v) is 6.57. The maximum absolute atomic E-state index is 13.3. The second-order valence-electron chi connectivity index (χ2n) is 10.1. The predicted octanol–water partition coefficient (Wildman–Crippen LogP) is 2.34. The molecular weight excluding hydrogens is 366 g/mol. The summed E-state index contributed by atoms with van der Waals surface area (Å²) in [6.45, 7) is 14.1. The van der Waals surface area contributed by atoms with Crippen molar-refractivity contribution in [3.8, 4) is 5.75 Å². The molecule has 6 nitrogen and oxygen atoms in total. The number of amides is 1. The van der Waals surface area contributed by atoms with Crippen LogP contribution in [0.4, 0.5) is 0 Å². The summed E-state index contributed by atoms with van der Waals surface area (Å²) in [5, 5.41) is 0.